The topological polar surface area (TPSA) is 88.0 Å². The van der Waals surface area contributed by atoms with Crippen LogP contribution in [0.15, 0.2) is 22.1 Å². The molecule has 1 fully saturated rings. The summed E-state index contributed by atoms with van der Waals surface area (Å²) in [6.45, 7) is 3.42. The Labute approximate surface area is 95.4 Å². The highest BCUT2D eigenvalue weighted by molar-refractivity contribution is 7.99. The van der Waals surface area contributed by atoms with Crippen LogP contribution in [0.4, 0.5) is 0 Å². The van der Waals surface area contributed by atoms with E-state index in [2.05, 4.69) is 16.8 Å². The van der Waals surface area contributed by atoms with Crippen LogP contribution in [-0.4, -0.2) is 31.6 Å². The van der Waals surface area contributed by atoms with Crippen molar-refractivity contribution in [2.45, 2.75) is 24.0 Å². The van der Waals surface area contributed by atoms with Crippen LogP contribution in [-0.2, 0) is 4.79 Å². The van der Waals surface area contributed by atoms with Crippen molar-refractivity contribution in [3.63, 3.8) is 0 Å². The number of thioether (sulfide) groups is 1. The van der Waals surface area contributed by atoms with E-state index in [1.807, 2.05) is 0 Å². The maximum atomic E-state index is 11.4. The molecule has 1 aliphatic rings. The van der Waals surface area contributed by atoms with Gasteiger partial charge in [-0.25, -0.2) is 14.7 Å². The molecule has 86 valence electrons. The summed E-state index contributed by atoms with van der Waals surface area (Å²) in [5.74, 6) is -0.796. The first-order chi connectivity index (χ1) is 7.59. The van der Waals surface area contributed by atoms with Crippen molar-refractivity contribution >= 4 is 17.7 Å². The number of aromatic nitrogens is 3. The lowest BCUT2D eigenvalue weighted by molar-refractivity contribution is -0.132. The Morgan fingerprint density at radius 1 is 1.69 bits per heavy atom. The fourth-order valence-corrected chi connectivity index (χ4v) is 2.17. The Morgan fingerprint density at radius 3 is 2.94 bits per heavy atom. The summed E-state index contributed by atoms with van der Waals surface area (Å²) >= 11 is 1.21. The maximum absolute atomic E-state index is 11.4. The highest BCUT2D eigenvalue weighted by Crippen LogP contribution is 2.36. The van der Waals surface area contributed by atoms with E-state index in [1.54, 1.807) is 4.57 Å². The summed E-state index contributed by atoms with van der Waals surface area (Å²) in [5.41, 5.74) is -0.131. The summed E-state index contributed by atoms with van der Waals surface area (Å²) in [6, 6.07) is 0.229. The van der Waals surface area contributed by atoms with E-state index in [1.165, 1.54) is 11.8 Å². The van der Waals surface area contributed by atoms with E-state index in [9.17, 15) is 9.59 Å². The molecule has 1 saturated carbocycles. The van der Waals surface area contributed by atoms with Crippen LogP contribution >= 0.6 is 11.8 Å². The van der Waals surface area contributed by atoms with E-state index in [4.69, 9.17) is 5.11 Å². The second kappa shape index (κ2) is 4.17. The van der Waals surface area contributed by atoms with Gasteiger partial charge in [0, 0.05) is 17.4 Å². The molecule has 0 unspecified atom stereocenters. The lowest BCUT2D eigenvalue weighted by Gasteiger charge is -2.02. The molecule has 1 heterocycles. The zero-order valence-electron chi connectivity index (χ0n) is 8.47. The number of hydrogen-bond donors (Lipinski definition) is 2. The van der Waals surface area contributed by atoms with Gasteiger partial charge < -0.3 is 5.11 Å². The fraction of sp³-hybridized carbons (Fsp3) is 0.444. The number of nitrogens with one attached hydrogen (secondary N) is 1. The molecular weight excluding hydrogens is 230 g/mol. The van der Waals surface area contributed by atoms with Gasteiger partial charge in [0.2, 0.25) is 0 Å². The Morgan fingerprint density at radius 2 is 2.38 bits per heavy atom. The highest BCUT2D eigenvalue weighted by atomic mass is 32.2. The number of carboxylic acids is 1. The summed E-state index contributed by atoms with van der Waals surface area (Å²) in [5, 5.41) is 15.4. The smallest absolute Gasteiger partial charge is 0.344 e. The van der Waals surface area contributed by atoms with Gasteiger partial charge in [0.05, 0.1) is 0 Å². The van der Waals surface area contributed by atoms with Crippen LogP contribution in [0.1, 0.15) is 18.9 Å². The molecule has 7 heteroatoms. The molecule has 0 amide bonds. The van der Waals surface area contributed by atoms with E-state index in [0.717, 1.165) is 12.8 Å². The van der Waals surface area contributed by atoms with Crippen molar-refractivity contribution in [1.82, 2.24) is 14.8 Å². The van der Waals surface area contributed by atoms with Crippen LogP contribution in [0.2, 0.25) is 0 Å². The van der Waals surface area contributed by atoms with Gasteiger partial charge >= 0.3 is 11.7 Å². The molecular formula is C9H11N3O3S. The number of hydrogen-bond acceptors (Lipinski definition) is 4. The van der Waals surface area contributed by atoms with Crippen molar-refractivity contribution in [3.05, 3.63) is 22.6 Å². The van der Waals surface area contributed by atoms with E-state index < -0.39 is 5.97 Å². The predicted molar refractivity (Wildman–Crippen MR) is 58.6 cm³/mol. The molecule has 0 saturated heterocycles. The average Bonchev–Trinajstić information content (AvgIpc) is 3.00. The summed E-state index contributed by atoms with van der Waals surface area (Å²) in [7, 11) is 0. The van der Waals surface area contributed by atoms with E-state index in [-0.39, 0.29) is 23.1 Å². The normalized spacial score (nSPS) is 15.0. The van der Waals surface area contributed by atoms with Gasteiger partial charge in [-0.05, 0) is 12.8 Å². The quantitative estimate of drug-likeness (QED) is 0.583. The number of H-pyrrole nitrogens is 1. The molecule has 6 nitrogen and oxygen atoms in total. The fourth-order valence-electron chi connectivity index (χ4n) is 1.26. The molecule has 1 aromatic rings. The van der Waals surface area contributed by atoms with Crippen LogP contribution in [0.5, 0.6) is 0 Å². The summed E-state index contributed by atoms with van der Waals surface area (Å²) in [4.78, 5) is 21.9. The van der Waals surface area contributed by atoms with E-state index in [0.29, 0.717) is 5.16 Å². The highest BCUT2D eigenvalue weighted by Gasteiger charge is 2.28. The molecule has 1 aliphatic carbocycles. The van der Waals surface area contributed by atoms with Gasteiger partial charge in [0.15, 0.2) is 5.16 Å². The molecule has 2 rings (SSSR count). The van der Waals surface area contributed by atoms with Gasteiger partial charge in [-0.1, -0.05) is 18.3 Å². The Bertz CT molecular complexity index is 486. The lowest BCUT2D eigenvalue weighted by atomic mass is 10.4. The molecule has 0 aromatic carbocycles. The van der Waals surface area contributed by atoms with E-state index >= 15 is 0 Å². The largest absolute Gasteiger partial charge is 0.478 e. The molecule has 0 radical (unpaired) electrons. The average molecular weight is 241 g/mol. The number of carboxylic acid groups (broad SMARTS) is 1. The predicted octanol–water partition coefficient (Wildman–Crippen LogP) is 0.639. The van der Waals surface area contributed by atoms with Crippen LogP contribution in [0, 0.1) is 0 Å². The number of aromatic amines is 1. The zero-order valence-corrected chi connectivity index (χ0v) is 9.29. The first-order valence-electron chi connectivity index (χ1n) is 4.80. The second-order valence-electron chi connectivity index (χ2n) is 3.61. The summed E-state index contributed by atoms with van der Waals surface area (Å²) < 4.78 is 1.58. The van der Waals surface area contributed by atoms with Crippen LogP contribution in [0.25, 0.3) is 0 Å². The monoisotopic (exact) mass is 241 g/mol. The number of nitrogens with zero attached hydrogens (tertiary/aromatic N) is 2. The van der Waals surface area contributed by atoms with Gasteiger partial charge in [-0.3, -0.25) is 4.57 Å². The van der Waals surface area contributed by atoms with Crippen molar-refractivity contribution in [1.29, 1.82) is 0 Å². The minimum atomic E-state index is -1.02. The van der Waals surface area contributed by atoms with Crippen molar-refractivity contribution in [2.75, 3.05) is 5.75 Å². The van der Waals surface area contributed by atoms with Gasteiger partial charge in [0.25, 0.3) is 0 Å². The van der Waals surface area contributed by atoms with Crippen molar-refractivity contribution in [2.24, 2.45) is 0 Å². The first-order valence-corrected chi connectivity index (χ1v) is 5.79. The zero-order chi connectivity index (χ0) is 11.7. The molecule has 0 aliphatic heterocycles. The molecule has 1 aromatic heterocycles. The molecule has 0 spiro atoms. The third kappa shape index (κ3) is 2.19. The van der Waals surface area contributed by atoms with Crippen LogP contribution < -0.4 is 5.69 Å². The number of carbonyl (C=O) groups is 1. The third-order valence-corrected chi connectivity index (χ3v) is 3.30. The molecule has 0 atom stereocenters. The van der Waals surface area contributed by atoms with Crippen molar-refractivity contribution < 1.29 is 9.90 Å². The Hall–Kier alpha value is -1.50. The summed E-state index contributed by atoms with van der Waals surface area (Å²) in [6.07, 6.45) is 1.96. The van der Waals surface area contributed by atoms with Gasteiger partial charge in [-0.15, -0.1) is 5.10 Å². The number of aliphatic carboxylic acids is 1. The third-order valence-electron chi connectivity index (χ3n) is 2.26. The molecule has 16 heavy (non-hydrogen) atoms. The SMILES string of the molecule is C=C(CSc1n[nH]c(=O)n1C1CC1)C(=O)O. The van der Waals surface area contributed by atoms with Gasteiger partial charge in [0.1, 0.15) is 0 Å². The van der Waals surface area contributed by atoms with Crippen LogP contribution in [0.3, 0.4) is 0 Å². The first kappa shape index (κ1) is 11.0. The van der Waals surface area contributed by atoms with Crippen molar-refractivity contribution in [3.8, 4) is 0 Å². The Kier molecular flexibility index (Phi) is 2.86. The minimum Gasteiger partial charge on any atom is -0.478 e. The number of rotatable bonds is 5. The maximum Gasteiger partial charge on any atom is 0.344 e. The lowest BCUT2D eigenvalue weighted by Crippen LogP contribution is -2.16. The molecule has 0 bridgehead atoms. The Balaban J connectivity index is 2.07. The second-order valence-corrected chi connectivity index (χ2v) is 4.55. The minimum absolute atomic E-state index is 0.0998. The standard InChI is InChI=1S/C9H11N3O3S/c1-5(7(13)14)4-16-9-11-10-8(15)12(9)6-2-3-6/h6H,1-4H2,(H,10,15)(H,13,14). The van der Waals surface area contributed by atoms with Gasteiger partial charge in [-0.2, -0.15) is 0 Å². The molecule has 2 N–H and O–H groups in total.